The van der Waals surface area contributed by atoms with Gasteiger partial charge < -0.3 is 5.32 Å². The van der Waals surface area contributed by atoms with Gasteiger partial charge in [-0.2, -0.15) is 5.10 Å². The maximum atomic E-state index is 12.0. The molecule has 1 fully saturated rings. The molecule has 3 rings (SSSR count). The highest BCUT2D eigenvalue weighted by atomic mass is 32.2. The van der Waals surface area contributed by atoms with Crippen molar-refractivity contribution in [1.29, 1.82) is 0 Å². The van der Waals surface area contributed by atoms with Crippen LogP contribution in [0.5, 0.6) is 0 Å². The quantitative estimate of drug-likeness (QED) is 0.684. The van der Waals surface area contributed by atoms with E-state index < -0.39 is 15.6 Å². The van der Waals surface area contributed by atoms with Gasteiger partial charge in [-0.05, 0) is 45.8 Å². The zero-order valence-electron chi connectivity index (χ0n) is 15.2. The minimum atomic E-state index is -3.39. The summed E-state index contributed by atoms with van der Waals surface area (Å²) < 4.78 is 26.6. The number of H-pyrrole nitrogens is 1. The van der Waals surface area contributed by atoms with Gasteiger partial charge >= 0.3 is 0 Å². The zero-order valence-corrected chi connectivity index (χ0v) is 16.0. The molecule has 0 unspecified atom stereocenters. The van der Waals surface area contributed by atoms with Crippen LogP contribution < -0.4 is 10.0 Å². The fourth-order valence-corrected chi connectivity index (χ4v) is 3.81. The molecule has 2 heterocycles. The van der Waals surface area contributed by atoms with Gasteiger partial charge in [0.2, 0.25) is 10.0 Å². The number of rotatable bonds is 7. The highest BCUT2D eigenvalue weighted by molar-refractivity contribution is 7.89. The summed E-state index contributed by atoms with van der Waals surface area (Å²) in [5, 5.41) is 10.4. The number of aromatic nitrogens is 4. The zero-order chi connectivity index (χ0) is 18.8. The van der Waals surface area contributed by atoms with Gasteiger partial charge in [0, 0.05) is 29.4 Å². The van der Waals surface area contributed by atoms with E-state index in [1.807, 2.05) is 6.07 Å². The number of sulfonamides is 1. The van der Waals surface area contributed by atoms with E-state index in [0.29, 0.717) is 23.4 Å². The molecule has 1 aliphatic rings. The first-order chi connectivity index (χ1) is 12.2. The van der Waals surface area contributed by atoms with E-state index >= 15 is 0 Å². The Bertz CT molecular complexity index is 894. The molecule has 0 amide bonds. The van der Waals surface area contributed by atoms with Crippen molar-refractivity contribution >= 4 is 27.7 Å². The second kappa shape index (κ2) is 7.16. The number of nitrogens with zero attached hydrogens (tertiary/aromatic N) is 3. The van der Waals surface area contributed by atoms with Crippen LogP contribution in [-0.2, 0) is 10.0 Å². The van der Waals surface area contributed by atoms with Crippen molar-refractivity contribution in [3.8, 4) is 0 Å². The Morgan fingerprint density at radius 3 is 2.77 bits per heavy atom. The number of aromatic amines is 1. The van der Waals surface area contributed by atoms with Gasteiger partial charge in [-0.3, -0.25) is 5.10 Å². The molecule has 8 nitrogen and oxygen atoms in total. The van der Waals surface area contributed by atoms with Crippen LogP contribution in [0.2, 0.25) is 0 Å². The van der Waals surface area contributed by atoms with Crippen LogP contribution >= 0.6 is 0 Å². The van der Waals surface area contributed by atoms with Gasteiger partial charge in [-0.25, -0.2) is 23.1 Å². The van der Waals surface area contributed by atoms with Crippen LogP contribution in [0.25, 0.3) is 6.08 Å². The summed E-state index contributed by atoms with van der Waals surface area (Å²) in [6.07, 6.45) is 7.15. The molecular formula is C17H24N6O2S. The second-order valence-electron chi connectivity index (χ2n) is 7.44. The molecule has 2 aromatic rings. The predicted molar refractivity (Wildman–Crippen MR) is 102 cm³/mol. The summed E-state index contributed by atoms with van der Waals surface area (Å²) in [5.74, 6) is 2.21. The summed E-state index contributed by atoms with van der Waals surface area (Å²) in [7, 11) is -3.39. The van der Waals surface area contributed by atoms with Crippen molar-refractivity contribution in [2.24, 2.45) is 0 Å². The average molecular weight is 376 g/mol. The highest BCUT2D eigenvalue weighted by Gasteiger charge is 2.25. The van der Waals surface area contributed by atoms with E-state index in [0.717, 1.165) is 5.69 Å². The smallest absolute Gasteiger partial charge is 0.215 e. The summed E-state index contributed by atoms with van der Waals surface area (Å²) in [4.78, 5) is 8.49. The Hall–Kier alpha value is -2.26. The maximum absolute atomic E-state index is 12.0. The Morgan fingerprint density at radius 2 is 2.08 bits per heavy atom. The van der Waals surface area contributed by atoms with Crippen molar-refractivity contribution in [2.45, 2.75) is 45.1 Å². The molecular weight excluding hydrogens is 352 g/mol. The minimum absolute atomic E-state index is 0.130. The van der Waals surface area contributed by atoms with Gasteiger partial charge in [0.1, 0.15) is 5.82 Å². The third-order valence-corrected chi connectivity index (χ3v) is 5.14. The lowest BCUT2D eigenvalue weighted by Crippen LogP contribution is -2.41. The van der Waals surface area contributed by atoms with Crippen molar-refractivity contribution in [3.63, 3.8) is 0 Å². The molecule has 0 aromatic carbocycles. The van der Waals surface area contributed by atoms with E-state index in [9.17, 15) is 8.42 Å². The summed E-state index contributed by atoms with van der Waals surface area (Å²) >= 11 is 0. The average Bonchev–Trinajstić information content (AvgIpc) is 3.26. The molecule has 9 heteroatoms. The lowest BCUT2D eigenvalue weighted by atomic mass is 10.1. The van der Waals surface area contributed by atoms with Crippen molar-refractivity contribution in [3.05, 3.63) is 35.9 Å². The van der Waals surface area contributed by atoms with Crippen LogP contribution in [-0.4, -0.2) is 39.9 Å². The van der Waals surface area contributed by atoms with E-state index in [-0.39, 0.29) is 5.75 Å². The molecule has 1 saturated carbocycles. The number of hydrogen-bond acceptors (Lipinski definition) is 6. The minimum Gasteiger partial charge on any atom is -0.323 e. The highest BCUT2D eigenvalue weighted by Crippen LogP contribution is 2.39. The van der Waals surface area contributed by atoms with Gasteiger partial charge in [0.15, 0.2) is 11.6 Å². The van der Waals surface area contributed by atoms with Crippen LogP contribution in [0.4, 0.5) is 11.6 Å². The Morgan fingerprint density at radius 1 is 1.31 bits per heavy atom. The molecule has 0 radical (unpaired) electrons. The monoisotopic (exact) mass is 376 g/mol. The third kappa shape index (κ3) is 5.63. The van der Waals surface area contributed by atoms with Crippen LogP contribution in [0.15, 0.2) is 24.4 Å². The normalized spacial score (nSPS) is 15.5. The first-order valence-corrected chi connectivity index (χ1v) is 10.2. The van der Waals surface area contributed by atoms with Crippen LogP contribution in [0.3, 0.4) is 0 Å². The molecule has 26 heavy (non-hydrogen) atoms. The fourth-order valence-electron chi connectivity index (χ4n) is 2.45. The fraction of sp³-hybridized carbons (Fsp3) is 0.471. The molecule has 0 saturated heterocycles. The Labute approximate surface area is 153 Å². The second-order valence-corrected chi connectivity index (χ2v) is 9.21. The third-order valence-electron chi connectivity index (χ3n) is 3.59. The molecule has 2 aromatic heterocycles. The van der Waals surface area contributed by atoms with E-state index in [1.165, 1.54) is 18.9 Å². The van der Waals surface area contributed by atoms with Crippen molar-refractivity contribution in [2.75, 3.05) is 11.1 Å². The topological polar surface area (TPSA) is 113 Å². The lowest BCUT2D eigenvalue weighted by Gasteiger charge is -2.19. The van der Waals surface area contributed by atoms with E-state index in [2.05, 4.69) is 30.2 Å². The van der Waals surface area contributed by atoms with Gasteiger partial charge in [0.05, 0.1) is 5.75 Å². The van der Waals surface area contributed by atoms with Crippen LogP contribution in [0, 0.1) is 0 Å². The van der Waals surface area contributed by atoms with Gasteiger partial charge in [0.25, 0.3) is 0 Å². The standard InChI is InChI=1S/C17H24N6O2S/c1-17(2,3)23-26(24,25)10-4-5-14-18-9-8-15(19-14)20-16-11-13(21-22-16)12-6-7-12/h4-5,8-9,11-12,23H,6-7,10H2,1-3H3,(H2,18,19,20,21,22)/b5-4+. The molecule has 3 N–H and O–H groups in total. The number of anilines is 2. The Balaban J connectivity index is 1.61. The first kappa shape index (κ1) is 18.5. The molecule has 0 atom stereocenters. The molecule has 0 aliphatic heterocycles. The van der Waals surface area contributed by atoms with Gasteiger partial charge in [-0.15, -0.1) is 0 Å². The summed E-state index contributed by atoms with van der Waals surface area (Å²) in [5.41, 5.74) is 0.633. The van der Waals surface area contributed by atoms with Crippen molar-refractivity contribution < 1.29 is 8.42 Å². The summed E-state index contributed by atoms with van der Waals surface area (Å²) in [6, 6.07) is 3.72. The predicted octanol–water partition coefficient (Wildman–Crippen LogP) is 2.55. The molecule has 0 spiro atoms. The lowest BCUT2D eigenvalue weighted by molar-refractivity contribution is 0.493. The number of nitrogens with one attached hydrogen (secondary N) is 3. The molecule has 0 bridgehead atoms. The van der Waals surface area contributed by atoms with Crippen LogP contribution in [0.1, 0.15) is 51.0 Å². The van der Waals surface area contributed by atoms with Gasteiger partial charge in [-0.1, -0.05) is 6.08 Å². The Kier molecular flexibility index (Phi) is 5.10. The first-order valence-electron chi connectivity index (χ1n) is 8.54. The van der Waals surface area contributed by atoms with E-state index in [4.69, 9.17) is 0 Å². The SMILES string of the molecule is CC(C)(C)NS(=O)(=O)C/C=C/c1nccc(Nc2cc(C3CC3)[nH]n2)n1. The van der Waals surface area contributed by atoms with E-state index in [1.54, 1.807) is 39.1 Å². The number of hydrogen-bond donors (Lipinski definition) is 3. The van der Waals surface area contributed by atoms with Crippen molar-refractivity contribution in [1.82, 2.24) is 24.9 Å². The summed E-state index contributed by atoms with van der Waals surface area (Å²) in [6.45, 7) is 5.41. The molecule has 140 valence electrons. The maximum Gasteiger partial charge on any atom is 0.215 e. The molecule has 1 aliphatic carbocycles. The largest absolute Gasteiger partial charge is 0.323 e.